The Bertz CT molecular complexity index is 1710. The maximum absolute atomic E-state index is 13.5. The molecule has 4 heterocycles. The van der Waals surface area contributed by atoms with Crippen molar-refractivity contribution in [2.75, 3.05) is 50.1 Å². The van der Waals surface area contributed by atoms with E-state index in [4.69, 9.17) is 9.47 Å². The predicted molar refractivity (Wildman–Crippen MR) is 180 cm³/mol. The molecule has 0 bridgehead atoms. The molecule has 2 saturated heterocycles. The molecule has 10 nitrogen and oxygen atoms in total. The number of nitrogens with one attached hydrogen (secondary N) is 2. The number of hydrogen-bond donors (Lipinski definition) is 2. The molecule has 3 atom stereocenters. The third kappa shape index (κ3) is 6.28. The van der Waals surface area contributed by atoms with Gasteiger partial charge in [0, 0.05) is 24.5 Å². The normalized spacial score (nSPS) is 22.1. The van der Waals surface area contributed by atoms with Gasteiger partial charge in [-0.2, -0.15) is 0 Å². The number of anilines is 2. The lowest BCUT2D eigenvalue weighted by Crippen LogP contribution is -2.37. The molecule has 1 unspecified atom stereocenters. The zero-order valence-corrected chi connectivity index (χ0v) is 27.3. The number of ether oxygens (including phenoxy) is 2. The van der Waals surface area contributed by atoms with E-state index in [2.05, 4.69) is 93.2 Å². The highest BCUT2D eigenvalue weighted by molar-refractivity contribution is 5.90. The monoisotopic (exact) mass is 623 g/mol. The topological polar surface area (TPSA) is 96.3 Å². The van der Waals surface area contributed by atoms with Gasteiger partial charge in [-0.3, -0.25) is 9.30 Å². The average Bonchev–Trinajstić information content (AvgIpc) is 3.67. The first-order valence-electron chi connectivity index (χ1n) is 16.6. The van der Waals surface area contributed by atoms with E-state index < -0.39 is 0 Å². The van der Waals surface area contributed by atoms with E-state index in [1.807, 2.05) is 30.5 Å². The molecular formula is C36H45N7O3. The fourth-order valence-electron chi connectivity index (χ4n) is 7.06. The molecule has 2 N–H and O–H groups in total. The van der Waals surface area contributed by atoms with Gasteiger partial charge in [0.1, 0.15) is 11.9 Å². The van der Waals surface area contributed by atoms with Crippen LogP contribution in [0.15, 0.2) is 60.8 Å². The van der Waals surface area contributed by atoms with E-state index in [-0.39, 0.29) is 29.6 Å². The number of nitrogens with zero attached hydrogens (tertiary/aromatic N) is 5. The summed E-state index contributed by atoms with van der Waals surface area (Å²) < 4.78 is 14.3. The second kappa shape index (κ2) is 12.6. The summed E-state index contributed by atoms with van der Waals surface area (Å²) in [5.74, 6) is 1.75. The van der Waals surface area contributed by atoms with Gasteiger partial charge in [0.25, 0.3) is 0 Å². The number of fused-ring (bicyclic) bond motifs is 2. The highest BCUT2D eigenvalue weighted by atomic mass is 16.5. The summed E-state index contributed by atoms with van der Waals surface area (Å²) in [5, 5.41) is 15.4. The second-order valence-electron chi connectivity index (χ2n) is 13.9. The van der Waals surface area contributed by atoms with Gasteiger partial charge in [0.05, 0.1) is 31.5 Å². The van der Waals surface area contributed by atoms with E-state index in [1.54, 1.807) is 0 Å². The van der Waals surface area contributed by atoms with Crippen LogP contribution in [0.5, 0.6) is 5.75 Å². The number of benzene rings is 2. The second-order valence-corrected chi connectivity index (χ2v) is 13.9. The van der Waals surface area contributed by atoms with Crippen LogP contribution in [0, 0.1) is 0 Å². The van der Waals surface area contributed by atoms with Crippen molar-refractivity contribution in [3.63, 3.8) is 0 Å². The summed E-state index contributed by atoms with van der Waals surface area (Å²) in [7, 11) is 2.15. The minimum Gasteiger partial charge on any atom is -0.484 e. The number of carbonyl (C=O) groups excluding carboxylic acids is 1. The minimum atomic E-state index is -0.208. The Morgan fingerprint density at radius 1 is 0.957 bits per heavy atom. The molecular weight excluding hydrogens is 578 g/mol. The molecule has 2 aromatic carbocycles. The third-order valence-electron chi connectivity index (χ3n) is 9.66. The first-order chi connectivity index (χ1) is 22.2. The number of likely N-dealkylation sites (tertiary alicyclic amines) is 1. The Kier molecular flexibility index (Phi) is 8.33. The van der Waals surface area contributed by atoms with Crippen molar-refractivity contribution < 1.29 is 14.3 Å². The fraction of sp³-hybridized carbons (Fsp3) is 0.472. The van der Waals surface area contributed by atoms with Gasteiger partial charge in [-0.25, -0.2) is 4.79 Å². The Hall–Kier alpha value is -4.15. The Morgan fingerprint density at radius 3 is 2.52 bits per heavy atom. The third-order valence-corrected chi connectivity index (χ3v) is 9.66. The van der Waals surface area contributed by atoms with Gasteiger partial charge in [-0.1, -0.05) is 45.0 Å². The summed E-state index contributed by atoms with van der Waals surface area (Å²) in [5.41, 5.74) is 6.05. The Balaban J connectivity index is 1.07. The summed E-state index contributed by atoms with van der Waals surface area (Å²) in [6, 6.07) is 18.6. The summed E-state index contributed by atoms with van der Waals surface area (Å²) >= 11 is 0. The number of aromatic nitrogens is 3. The van der Waals surface area contributed by atoms with Crippen LogP contribution in [0.1, 0.15) is 87.2 Å². The first-order valence-corrected chi connectivity index (χ1v) is 16.6. The molecule has 242 valence electrons. The van der Waals surface area contributed by atoms with Crippen LogP contribution in [-0.4, -0.2) is 65.4 Å². The van der Waals surface area contributed by atoms with E-state index in [9.17, 15) is 4.79 Å². The predicted octanol–water partition coefficient (Wildman–Crippen LogP) is 6.41. The van der Waals surface area contributed by atoms with Crippen LogP contribution in [-0.2, 0) is 10.2 Å². The van der Waals surface area contributed by atoms with Gasteiger partial charge >= 0.3 is 6.03 Å². The zero-order valence-electron chi connectivity index (χ0n) is 27.3. The molecule has 1 aliphatic carbocycles. The van der Waals surface area contributed by atoms with Crippen LogP contribution in [0.25, 0.3) is 5.65 Å². The van der Waals surface area contributed by atoms with Crippen molar-refractivity contribution in [3.8, 4) is 5.75 Å². The molecule has 0 saturated carbocycles. The van der Waals surface area contributed by atoms with Crippen LogP contribution in [0.2, 0.25) is 0 Å². The van der Waals surface area contributed by atoms with Crippen molar-refractivity contribution in [2.45, 2.75) is 70.1 Å². The Morgan fingerprint density at radius 2 is 1.76 bits per heavy atom. The van der Waals surface area contributed by atoms with E-state index in [0.29, 0.717) is 13.2 Å². The molecule has 2 aliphatic heterocycles. The van der Waals surface area contributed by atoms with E-state index >= 15 is 0 Å². The van der Waals surface area contributed by atoms with Crippen molar-refractivity contribution >= 4 is 23.1 Å². The van der Waals surface area contributed by atoms with Crippen LogP contribution in [0.4, 0.5) is 16.2 Å². The fourth-order valence-corrected chi connectivity index (χ4v) is 7.06. The lowest BCUT2D eigenvalue weighted by molar-refractivity contribution is 0.122. The maximum Gasteiger partial charge on any atom is 0.319 e. The number of rotatable bonds is 6. The van der Waals surface area contributed by atoms with Crippen molar-refractivity contribution in [1.29, 1.82) is 0 Å². The van der Waals surface area contributed by atoms with Gasteiger partial charge in [0.15, 0.2) is 11.5 Å². The summed E-state index contributed by atoms with van der Waals surface area (Å²) in [6.45, 7) is 10.8. The molecule has 2 amide bonds. The maximum atomic E-state index is 13.5. The number of carbonyl (C=O) groups is 1. The zero-order chi connectivity index (χ0) is 31.8. The van der Waals surface area contributed by atoms with Gasteiger partial charge in [0.2, 0.25) is 0 Å². The smallest absolute Gasteiger partial charge is 0.319 e. The van der Waals surface area contributed by atoms with Crippen LogP contribution in [0.3, 0.4) is 0 Å². The molecule has 46 heavy (non-hydrogen) atoms. The Labute approximate surface area is 271 Å². The summed E-state index contributed by atoms with van der Waals surface area (Å²) in [6.07, 6.45) is 5.69. The van der Waals surface area contributed by atoms with Crippen LogP contribution >= 0.6 is 0 Å². The SMILES string of the molecule is CN1CCC[C@H]1c1nnc2ccc(O[C@@H]3CCC(NC(=O)Nc4cc(N5CCOCC5)cc(C(C)(C)C)c4)c4ccccc43)cn12. The molecule has 2 fully saturated rings. The largest absolute Gasteiger partial charge is 0.484 e. The summed E-state index contributed by atoms with van der Waals surface area (Å²) in [4.78, 5) is 18.1. The minimum absolute atomic E-state index is 0.0557. The lowest BCUT2D eigenvalue weighted by Gasteiger charge is -2.33. The van der Waals surface area contributed by atoms with Crippen molar-refractivity contribution in [2.24, 2.45) is 0 Å². The quantitative estimate of drug-likeness (QED) is 0.256. The van der Waals surface area contributed by atoms with Gasteiger partial charge < -0.3 is 25.0 Å². The molecule has 7 rings (SSSR count). The standard InChI is InChI=1S/C36H45N7O3/c1-36(2,3)24-20-25(22-26(21-24)42-16-18-45-19-17-42)37-35(44)38-30-12-13-32(29-9-6-5-8-28(29)30)46-27-11-14-33-39-40-34(43(33)23-27)31-10-7-15-41(31)4/h5-6,8-9,11,14,20-23,30-32H,7,10,12-13,15-19H2,1-4H3,(H2,37,38,44)/t30?,31-,32+/m0/s1. The van der Waals surface area contributed by atoms with Crippen molar-refractivity contribution in [1.82, 2.24) is 24.8 Å². The number of amides is 2. The number of morpholine rings is 1. The first kappa shape index (κ1) is 30.5. The number of pyridine rings is 1. The molecule has 2 aromatic heterocycles. The van der Waals surface area contributed by atoms with E-state index in [0.717, 1.165) is 85.0 Å². The molecule has 3 aliphatic rings. The van der Waals surface area contributed by atoms with E-state index in [1.165, 1.54) is 5.56 Å². The van der Waals surface area contributed by atoms with Gasteiger partial charge in [-0.05, 0) is 91.7 Å². The lowest BCUT2D eigenvalue weighted by atomic mass is 9.85. The average molecular weight is 624 g/mol. The highest BCUT2D eigenvalue weighted by Crippen LogP contribution is 2.39. The molecule has 10 heteroatoms. The molecule has 4 aromatic rings. The number of urea groups is 1. The van der Waals surface area contributed by atoms with Crippen molar-refractivity contribution in [3.05, 3.63) is 83.3 Å². The molecule has 0 spiro atoms. The molecule has 0 radical (unpaired) electrons. The number of hydrogen-bond acceptors (Lipinski definition) is 7. The van der Waals surface area contributed by atoms with Crippen LogP contribution < -0.4 is 20.3 Å². The van der Waals surface area contributed by atoms with Gasteiger partial charge in [-0.15, -0.1) is 10.2 Å². The highest BCUT2D eigenvalue weighted by Gasteiger charge is 2.31.